The van der Waals surface area contributed by atoms with Crippen LogP contribution in [0.2, 0.25) is 0 Å². The first kappa shape index (κ1) is 14.4. The first-order valence-corrected chi connectivity index (χ1v) is 7.77. The van der Waals surface area contributed by atoms with Gasteiger partial charge >= 0.3 is 0 Å². The van der Waals surface area contributed by atoms with Crippen molar-refractivity contribution >= 4 is 28.6 Å². The van der Waals surface area contributed by atoms with Crippen LogP contribution in [0.3, 0.4) is 0 Å². The zero-order chi connectivity index (χ0) is 16.5. The monoisotopic (exact) mass is 324 g/mol. The Bertz CT molecular complexity index is 943. The second-order valence-electron chi connectivity index (χ2n) is 5.72. The third-order valence-electron chi connectivity index (χ3n) is 4.10. The Kier molecular flexibility index (Phi) is 3.49. The van der Waals surface area contributed by atoms with Crippen LogP contribution in [0.5, 0.6) is 0 Å². The van der Waals surface area contributed by atoms with Crippen LogP contribution < -0.4 is 15.8 Å². The number of hydrogen-bond donors (Lipinski definition) is 3. The second kappa shape index (κ2) is 5.80. The van der Waals surface area contributed by atoms with Gasteiger partial charge in [0.05, 0.1) is 6.20 Å². The number of carbonyl (C=O) groups excluding carboxylic acids is 1. The number of nitrogens with zero attached hydrogens (tertiary/aromatic N) is 3. The molecule has 4 rings (SSSR count). The molecule has 1 saturated heterocycles. The normalized spacial score (nSPS) is 14.5. The number of amides is 1. The number of anilines is 2. The molecule has 0 aliphatic carbocycles. The lowest BCUT2D eigenvalue weighted by Crippen LogP contribution is -2.23. The van der Waals surface area contributed by atoms with Crippen molar-refractivity contribution in [2.75, 3.05) is 16.8 Å². The van der Waals surface area contributed by atoms with Crippen LogP contribution in [0.1, 0.15) is 18.4 Å². The highest BCUT2D eigenvalue weighted by Crippen LogP contribution is 2.21. The van der Waals surface area contributed by atoms with Gasteiger partial charge in [-0.1, -0.05) is 12.1 Å². The summed E-state index contributed by atoms with van der Waals surface area (Å²) in [5.74, 6) is 0.561. The van der Waals surface area contributed by atoms with Gasteiger partial charge in [-0.2, -0.15) is 10.1 Å². The number of nitrogens with one attached hydrogen (secondary N) is 3. The number of aromatic nitrogens is 4. The van der Waals surface area contributed by atoms with E-state index in [-0.39, 0.29) is 11.5 Å². The van der Waals surface area contributed by atoms with Crippen molar-refractivity contribution in [3.05, 3.63) is 46.4 Å². The molecule has 0 bridgehead atoms. The molecule has 1 amide bonds. The molecule has 8 heteroatoms. The van der Waals surface area contributed by atoms with Gasteiger partial charge in [0.15, 0.2) is 5.65 Å². The smallest absolute Gasteiger partial charge is 0.263 e. The Morgan fingerprint density at radius 2 is 2.04 bits per heavy atom. The van der Waals surface area contributed by atoms with Gasteiger partial charge in [-0.3, -0.25) is 19.7 Å². The van der Waals surface area contributed by atoms with Gasteiger partial charge in [0.1, 0.15) is 5.39 Å². The van der Waals surface area contributed by atoms with Crippen molar-refractivity contribution in [1.29, 1.82) is 0 Å². The molecule has 1 fully saturated rings. The van der Waals surface area contributed by atoms with E-state index in [1.165, 1.54) is 6.20 Å². The number of rotatable bonds is 4. The topological polar surface area (TPSA) is 107 Å². The molecule has 0 saturated carbocycles. The highest BCUT2D eigenvalue weighted by molar-refractivity contribution is 5.95. The standard InChI is InChI=1S/C16H16N6O2/c23-13-2-1-7-22(13)11-5-3-10(4-6-11)8-17-16-19-14-12(9-18-21-14)15(24)20-16/h3-6,9H,1-2,7-8H2,(H3,17,18,19,20,21,24). The van der Waals surface area contributed by atoms with Crippen molar-refractivity contribution in [3.63, 3.8) is 0 Å². The molecule has 3 aromatic rings. The van der Waals surface area contributed by atoms with E-state index in [2.05, 4.69) is 25.5 Å². The number of H-pyrrole nitrogens is 2. The lowest BCUT2D eigenvalue weighted by atomic mass is 10.2. The number of carbonyl (C=O) groups is 1. The molecule has 1 aliphatic rings. The molecule has 0 radical (unpaired) electrons. The minimum absolute atomic E-state index is 0.176. The largest absolute Gasteiger partial charge is 0.352 e. The number of aromatic amines is 2. The first-order valence-electron chi connectivity index (χ1n) is 7.77. The Morgan fingerprint density at radius 1 is 1.21 bits per heavy atom. The lowest BCUT2D eigenvalue weighted by Gasteiger charge is -2.16. The van der Waals surface area contributed by atoms with Gasteiger partial charge in [-0.15, -0.1) is 0 Å². The van der Waals surface area contributed by atoms with E-state index < -0.39 is 0 Å². The third-order valence-corrected chi connectivity index (χ3v) is 4.10. The second-order valence-corrected chi connectivity index (χ2v) is 5.72. The fourth-order valence-corrected chi connectivity index (χ4v) is 2.83. The Morgan fingerprint density at radius 3 is 2.79 bits per heavy atom. The van der Waals surface area contributed by atoms with Crippen molar-refractivity contribution in [1.82, 2.24) is 20.2 Å². The summed E-state index contributed by atoms with van der Waals surface area (Å²) in [6.45, 7) is 1.29. The van der Waals surface area contributed by atoms with Gasteiger partial charge in [0.25, 0.3) is 5.56 Å². The Labute approximate surface area is 136 Å². The summed E-state index contributed by atoms with van der Waals surface area (Å²) in [5.41, 5.74) is 2.16. The molecule has 0 unspecified atom stereocenters. The quantitative estimate of drug-likeness (QED) is 0.672. The molecule has 2 aromatic heterocycles. The van der Waals surface area contributed by atoms with Crippen LogP contribution in [0.25, 0.3) is 11.0 Å². The van der Waals surface area contributed by atoms with Gasteiger partial charge in [-0.05, 0) is 24.1 Å². The summed E-state index contributed by atoms with van der Waals surface area (Å²) in [6.07, 6.45) is 2.99. The Hall–Kier alpha value is -3.16. The summed E-state index contributed by atoms with van der Waals surface area (Å²) in [5, 5.41) is 10.0. The number of fused-ring (bicyclic) bond motifs is 1. The summed E-state index contributed by atoms with van der Waals surface area (Å²) in [6, 6.07) is 7.80. The first-order chi connectivity index (χ1) is 11.7. The average molecular weight is 324 g/mol. The molecular formula is C16H16N6O2. The van der Waals surface area contributed by atoms with E-state index in [0.717, 1.165) is 24.2 Å². The van der Waals surface area contributed by atoms with E-state index >= 15 is 0 Å². The third kappa shape index (κ3) is 2.62. The van der Waals surface area contributed by atoms with Crippen LogP contribution >= 0.6 is 0 Å². The van der Waals surface area contributed by atoms with Crippen LogP contribution in [0.15, 0.2) is 35.3 Å². The van der Waals surface area contributed by atoms with Crippen molar-refractivity contribution in [3.8, 4) is 0 Å². The molecule has 1 aromatic carbocycles. The zero-order valence-electron chi connectivity index (χ0n) is 12.9. The van der Waals surface area contributed by atoms with Crippen LogP contribution in [0, 0.1) is 0 Å². The van der Waals surface area contributed by atoms with E-state index in [0.29, 0.717) is 29.9 Å². The van der Waals surface area contributed by atoms with Crippen molar-refractivity contribution in [2.24, 2.45) is 0 Å². The number of benzene rings is 1. The SMILES string of the molecule is O=C1CCCN1c1ccc(CNc2nc3[nH]ncc3c(=O)[nH]2)cc1. The fourth-order valence-electron chi connectivity index (χ4n) is 2.83. The van der Waals surface area contributed by atoms with Gasteiger partial charge in [0, 0.05) is 25.2 Å². The average Bonchev–Trinajstić information content (AvgIpc) is 3.22. The predicted molar refractivity (Wildman–Crippen MR) is 89.9 cm³/mol. The molecule has 3 N–H and O–H groups in total. The Balaban J connectivity index is 1.47. The lowest BCUT2D eigenvalue weighted by molar-refractivity contribution is -0.117. The summed E-state index contributed by atoms with van der Waals surface area (Å²) in [4.78, 5) is 32.4. The molecule has 8 nitrogen and oxygen atoms in total. The molecule has 1 aliphatic heterocycles. The summed E-state index contributed by atoms with van der Waals surface area (Å²) >= 11 is 0. The maximum atomic E-state index is 11.9. The predicted octanol–water partition coefficient (Wildman–Crippen LogP) is 1.39. The van der Waals surface area contributed by atoms with E-state index in [1.807, 2.05) is 29.2 Å². The van der Waals surface area contributed by atoms with Gasteiger partial charge < -0.3 is 10.2 Å². The van der Waals surface area contributed by atoms with E-state index in [9.17, 15) is 9.59 Å². The van der Waals surface area contributed by atoms with E-state index in [4.69, 9.17) is 0 Å². The molecule has 24 heavy (non-hydrogen) atoms. The van der Waals surface area contributed by atoms with Crippen LogP contribution in [-0.4, -0.2) is 32.6 Å². The summed E-state index contributed by atoms with van der Waals surface area (Å²) in [7, 11) is 0. The van der Waals surface area contributed by atoms with Crippen LogP contribution in [-0.2, 0) is 11.3 Å². The van der Waals surface area contributed by atoms with Crippen molar-refractivity contribution < 1.29 is 4.79 Å². The number of hydrogen-bond acceptors (Lipinski definition) is 5. The molecule has 3 heterocycles. The molecule has 122 valence electrons. The molecule has 0 spiro atoms. The fraction of sp³-hybridized carbons (Fsp3) is 0.250. The summed E-state index contributed by atoms with van der Waals surface area (Å²) < 4.78 is 0. The zero-order valence-corrected chi connectivity index (χ0v) is 12.9. The minimum atomic E-state index is -0.237. The van der Waals surface area contributed by atoms with Gasteiger partial charge in [0.2, 0.25) is 11.9 Å². The highest BCUT2D eigenvalue weighted by atomic mass is 16.2. The minimum Gasteiger partial charge on any atom is -0.352 e. The van der Waals surface area contributed by atoms with E-state index in [1.54, 1.807) is 0 Å². The molecule has 0 atom stereocenters. The maximum Gasteiger partial charge on any atom is 0.263 e. The van der Waals surface area contributed by atoms with Gasteiger partial charge in [-0.25, -0.2) is 0 Å². The maximum absolute atomic E-state index is 11.9. The van der Waals surface area contributed by atoms with Crippen LogP contribution in [0.4, 0.5) is 11.6 Å². The molecular weight excluding hydrogens is 308 g/mol. The van der Waals surface area contributed by atoms with Crippen molar-refractivity contribution in [2.45, 2.75) is 19.4 Å². The highest BCUT2D eigenvalue weighted by Gasteiger charge is 2.21.